The zero-order valence-corrected chi connectivity index (χ0v) is 12.8. The Balaban J connectivity index is 2.27. The van der Waals surface area contributed by atoms with Crippen LogP contribution < -0.4 is 10.6 Å². The number of amides is 2. The number of carbonyl (C=O) groups is 2. The van der Waals surface area contributed by atoms with Crippen molar-refractivity contribution >= 4 is 12.0 Å². The number of urea groups is 1. The molecule has 0 bridgehead atoms. The van der Waals surface area contributed by atoms with E-state index in [9.17, 15) is 9.59 Å². The Bertz CT molecular complexity index is 472. The first kappa shape index (κ1) is 17.0. The monoisotopic (exact) mass is 292 g/mol. The Morgan fingerprint density at radius 1 is 1.19 bits per heavy atom. The lowest BCUT2D eigenvalue weighted by atomic mass is 9.94. The lowest BCUT2D eigenvalue weighted by molar-refractivity contribution is -0.146. The summed E-state index contributed by atoms with van der Waals surface area (Å²) < 4.78 is 0. The van der Waals surface area contributed by atoms with Crippen LogP contribution in [0.2, 0.25) is 0 Å². The van der Waals surface area contributed by atoms with Gasteiger partial charge in [-0.1, -0.05) is 37.3 Å². The number of hydrogen-bond donors (Lipinski definition) is 3. The molecule has 2 amide bonds. The molecule has 0 aliphatic heterocycles. The highest BCUT2D eigenvalue weighted by molar-refractivity contribution is 5.77. The molecule has 5 heteroatoms. The van der Waals surface area contributed by atoms with E-state index in [0.29, 0.717) is 12.5 Å². The third kappa shape index (κ3) is 5.85. The number of rotatable bonds is 7. The molecule has 0 spiro atoms. The summed E-state index contributed by atoms with van der Waals surface area (Å²) in [5.74, 6) is -0.567. The van der Waals surface area contributed by atoms with Gasteiger partial charge in [0, 0.05) is 13.1 Å². The molecule has 21 heavy (non-hydrogen) atoms. The second-order valence-corrected chi connectivity index (χ2v) is 5.90. The van der Waals surface area contributed by atoms with Crippen LogP contribution in [-0.2, 0) is 4.79 Å². The Kier molecular flexibility index (Phi) is 6.21. The van der Waals surface area contributed by atoms with E-state index >= 15 is 0 Å². The average molecular weight is 292 g/mol. The van der Waals surface area contributed by atoms with Gasteiger partial charge in [-0.2, -0.15) is 0 Å². The molecule has 1 aromatic carbocycles. The van der Waals surface area contributed by atoms with Crippen LogP contribution in [0.1, 0.15) is 38.7 Å². The third-order valence-corrected chi connectivity index (χ3v) is 3.50. The molecule has 1 rings (SSSR count). The van der Waals surface area contributed by atoms with Gasteiger partial charge < -0.3 is 15.7 Å². The lowest BCUT2D eigenvalue weighted by Crippen LogP contribution is -2.43. The zero-order chi connectivity index (χ0) is 15.9. The van der Waals surface area contributed by atoms with E-state index in [1.807, 2.05) is 18.2 Å². The SMILES string of the molecule is CC(CCNC(=O)NCC(C)(C)C(=O)O)c1ccccc1. The number of carboxylic acid groups (broad SMARTS) is 1. The van der Waals surface area contributed by atoms with Crippen molar-refractivity contribution in [2.75, 3.05) is 13.1 Å². The normalized spacial score (nSPS) is 12.5. The summed E-state index contributed by atoms with van der Waals surface area (Å²) in [6.45, 7) is 5.92. The summed E-state index contributed by atoms with van der Waals surface area (Å²) in [5.41, 5.74) is 0.279. The fraction of sp³-hybridized carbons (Fsp3) is 0.500. The first-order chi connectivity index (χ1) is 9.83. The number of nitrogens with one attached hydrogen (secondary N) is 2. The van der Waals surface area contributed by atoms with Crippen LogP contribution in [0.5, 0.6) is 0 Å². The van der Waals surface area contributed by atoms with Gasteiger partial charge in [0.2, 0.25) is 0 Å². The van der Waals surface area contributed by atoms with Gasteiger partial charge in [-0.3, -0.25) is 4.79 Å². The highest BCUT2D eigenvalue weighted by Crippen LogP contribution is 2.17. The molecular weight excluding hydrogens is 268 g/mol. The number of aliphatic carboxylic acids is 1. The Morgan fingerprint density at radius 2 is 1.81 bits per heavy atom. The quantitative estimate of drug-likeness (QED) is 0.722. The Morgan fingerprint density at radius 3 is 2.38 bits per heavy atom. The molecule has 0 saturated carbocycles. The molecular formula is C16H24N2O3. The molecule has 3 N–H and O–H groups in total. The molecule has 0 aromatic heterocycles. The standard InChI is InChI=1S/C16H24N2O3/c1-12(13-7-5-4-6-8-13)9-10-17-15(21)18-11-16(2,3)14(19)20/h4-8,12H,9-11H2,1-3H3,(H,19,20)(H2,17,18,21). The van der Waals surface area contributed by atoms with Crippen LogP contribution in [0.4, 0.5) is 4.79 Å². The number of benzene rings is 1. The van der Waals surface area contributed by atoms with Crippen LogP contribution in [-0.4, -0.2) is 30.2 Å². The van der Waals surface area contributed by atoms with Gasteiger partial charge in [0.05, 0.1) is 5.41 Å². The zero-order valence-electron chi connectivity index (χ0n) is 12.8. The topological polar surface area (TPSA) is 78.4 Å². The second kappa shape index (κ2) is 7.67. The molecule has 1 atom stereocenters. The average Bonchev–Trinajstić information content (AvgIpc) is 2.46. The molecule has 1 aromatic rings. The van der Waals surface area contributed by atoms with E-state index < -0.39 is 11.4 Å². The first-order valence-corrected chi connectivity index (χ1v) is 7.13. The third-order valence-electron chi connectivity index (χ3n) is 3.50. The molecule has 0 heterocycles. The van der Waals surface area contributed by atoms with Crippen molar-refractivity contribution in [2.45, 2.75) is 33.1 Å². The maximum atomic E-state index is 11.6. The fourth-order valence-electron chi connectivity index (χ4n) is 1.79. The van der Waals surface area contributed by atoms with E-state index in [0.717, 1.165) is 6.42 Å². The van der Waals surface area contributed by atoms with Gasteiger partial charge in [-0.15, -0.1) is 0 Å². The fourth-order valence-corrected chi connectivity index (χ4v) is 1.79. The minimum Gasteiger partial charge on any atom is -0.481 e. The first-order valence-electron chi connectivity index (χ1n) is 7.13. The predicted octanol–water partition coefficient (Wildman–Crippen LogP) is 2.59. The van der Waals surface area contributed by atoms with Crippen molar-refractivity contribution in [1.29, 1.82) is 0 Å². The van der Waals surface area contributed by atoms with E-state index in [2.05, 4.69) is 29.7 Å². The van der Waals surface area contributed by atoms with E-state index in [1.54, 1.807) is 13.8 Å². The summed E-state index contributed by atoms with van der Waals surface area (Å²) >= 11 is 0. The molecule has 5 nitrogen and oxygen atoms in total. The Hall–Kier alpha value is -2.04. The predicted molar refractivity (Wildman–Crippen MR) is 82.3 cm³/mol. The number of hydrogen-bond acceptors (Lipinski definition) is 2. The van der Waals surface area contributed by atoms with Gasteiger partial charge >= 0.3 is 12.0 Å². The highest BCUT2D eigenvalue weighted by Gasteiger charge is 2.27. The highest BCUT2D eigenvalue weighted by atomic mass is 16.4. The number of carboxylic acids is 1. The van der Waals surface area contributed by atoms with Gasteiger partial charge in [0.1, 0.15) is 0 Å². The minimum atomic E-state index is -0.964. The lowest BCUT2D eigenvalue weighted by Gasteiger charge is -2.20. The van der Waals surface area contributed by atoms with Crippen LogP contribution in [0, 0.1) is 5.41 Å². The molecule has 0 aliphatic carbocycles. The molecule has 1 unspecified atom stereocenters. The summed E-state index contributed by atoms with van der Waals surface area (Å²) in [7, 11) is 0. The van der Waals surface area contributed by atoms with Gasteiger partial charge in [-0.25, -0.2) is 4.79 Å². The van der Waals surface area contributed by atoms with Crippen LogP contribution >= 0.6 is 0 Å². The van der Waals surface area contributed by atoms with Crippen molar-refractivity contribution < 1.29 is 14.7 Å². The summed E-state index contributed by atoms with van der Waals surface area (Å²) in [4.78, 5) is 22.5. The van der Waals surface area contributed by atoms with Gasteiger partial charge in [0.25, 0.3) is 0 Å². The maximum absolute atomic E-state index is 11.6. The van der Waals surface area contributed by atoms with Crippen molar-refractivity contribution in [2.24, 2.45) is 5.41 Å². The van der Waals surface area contributed by atoms with Crippen molar-refractivity contribution in [3.63, 3.8) is 0 Å². The minimum absolute atomic E-state index is 0.0996. The van der Waals surface area contributed by atoms with Gasteiger partial charge in [0.15, 0.2) is 0 Å². The molecule has 0 fully saturated rings. The van der Waals surface area contributed by atoms with Crippen LogP contribution in [0.25, 0.3) is 0 Å². The summed E-state index contributed by atoms with van der Waals surface area (Å²) in [5, 5.41) is 14.3. The molecule has 0 aliphatic rings. The van der Waals surface area contributed by atoms with Gasteiger partial charge in [-0.05, 0) is 31.7 Å². The molecule has 0 saturated heterocycles. The Labute approximate surface area is 125 Å². The van der Waals surface area contributed by atoms with Crippen LogP contribution in [0.15, 0.2) is 30.3 Å². The summed E-state index contributed by atoms with van der Waals surface area (Å²) in [6, 6.07) is 9.79. The second-order valence-electron chi connectivity index (χ2n) is 5.90. The molecule has 116 valence electrons. The van der Waals surface area contributed by atoms with Crippen molar-refractivity contribution in [3.05, 3.63) is 35.9 Å². The van der Waals surface area contributed by atoms with Crippen molar-refractivity contribution in [1.82, 2.24) is 10.6 Å². The number of carbonyl (C=O) groups excluding carboxylic acids is 1. The summed E-state index contributed by atoms with van der Waals surface area (Å²) in [6.07, 6.45) is 0.833. The van der Waals surface area contributed by atoms with E-state index in [-0.39, 0.29) is 12.6 Å². The largest absolute Gasteiger partial charge is 0.481 e. The van der Waals surface area contributed by atoms with E-state index in [4.69, 9.17) is 5.11 Å². The van der Waals surface area contributed by atoms with Crippen molar-refractivity contribution in [3.8, 4) is 0 Å². The van der Waals surface area contributed by atoms with E-state index in [1.165, 1.54) is 5.56 Å². The smallest absolute Gasteiger partial charge is 0.314 e. The maximum Gasteiger partial charge on any atom is 0.314 e. The molecule has 0 radical (unpaired) electrons. The van der Waals surface area contributed by atoms with Crippen LogP contribution in [0.3, 0.4) is 0 Å².